The molecule has 0 unspecified atom stereocenters. The van der Waals surface area contributed by atoms with Gasteiger partial charge in [-0.2, -0.15) is 0 Å². The molecule has 40 heavy (non-hydrogen) atoms. The third-order valence-electron chi connectivity index (χ3n) is 8.34. The minimum absolute atomic E-state index is 0.0142. The van der Waals surface area contributed by atoms with Crippen LogP contribution in [0.15, 0.2) is 54.7 Å². The van der Waals surface area contributed by atoms with Gasteiger partial charge in [0.25, 0.3) is 0 Å². The normalized spacial score (nSPS) is 19.2. The van der Waals surface area contributed by atoms with Crippen LogP contribution in [0.5, 0.6) is 0 Å². The van der Waals surface area contributed by atoms with Gasteiger partial charge in [-0.1, -0.05) is 18.2 Å². The number of pyridine rings is 1. The number of aromatic amines is 2. The van der Waals surface area contributed by atoms with Crippen molar-refractivity contribution >= 4 is 33.9 Å². The van der Waals surface area contributed by atoms with E-state index in [2.05, 4.69) is 34.2 Å². The topological polar surface area (TPSA) is 111 Å². The Kier molecular flexibility index (Phi) is 5.87. The van der Waals surface area contributed by atoms with E-state index >= 15 is 0 Å². The van der Waals surface area contributed by atoms with Crippen LogP contribution in [0.3, 0.4) is 0 Å². The fourth-order valence-corrected chi connectivity index (χ4v) is 6.30. The Hall–Kier alpha value is -4.53. The number of likely N-dealkylation sites (tertiary alicyclic amines) is 2. The van der Waals surface area contributed by atoms with E-state index in [0.29, 0.717) is 0 Å². The molecule has 7 rings (SSSR count). The van der Waals surface area contributed by atoms with Crippen molar-refractivity contribution in [3.05, 3.63) is 66.4 Å². The number of hydrogen-bond acceptors (Lipinski definition) is 5. The molecule has 0 aliphatic carbocycles. The largest absolute Gasteiger partial charge is 0.340 e. The number of benzene rings is 2. The Morgan fingerprint density at radius 3 is 1.77 bits per heavy atom. The third-order valence-corrected chi connectivity index (χ3v) is 8.34. The van der Waals surface area contributed by atoms with Crippen LogP contribution in [-0.2, 0) is 9.59 Å². The van der Waals surface area contributed by atoms with Gasteiger partial charge in [-0.05, 0) is 61.6 Å². The van der Waals surface area contributed by atoms with Gasteiger partial charge in [0.15, 0.2) is 0 Å². The van der Waals surface area contributed by atoms with Crippen LogP contribution in [0.2, 0.25) is 0 Å². The van der Waals surface area contributed by atoms with E-state index in [-0.39, 0.29) is 23.9 Å². The Labute approximate surface area is 231 Å². The Balaban J connectivity index is 1.13. The number of fused-ring (bicyclic) bond motifs is 2. The lowest BCUT2D eigenvalue weighted by atomic mass is 10.0. The number of aromatic nitrogens is 5. The molecule has 2 amide bonds. The number of imidazole rings is 2. The van der Waals surface area contributed by atoms with E-state index in [1.54, 1.807) is 13.8 Å². The minimum Gasteiger partial charge on any atom is -0.340 e. The molecule has 2 N–H and O–H groups in total. The Bertz CT molecular complexity index is 1620. The first-order valence-electron chi connectivity index (χ1n) is 13.9. The lowest BCUT2D eigenvalue weighted by Gasteiger charge is -2.21. The van der Waals surface area contributed by atoms with Gasteiger partial charge in [-0.25, -0.2) is 9.97 Å². The fraction of sp³-hybridized carbons (Fsp3) is 0.323. The molecule has 5 heterocycles. The monoisotopic (exact) mass is 533 g/mol. The van der Waals surface area contributed by atoms with Crippen molar-refractivity contribution in [3.8, 4) is 22.4 Å². The first-order chi connectivity index (χ1) is 19.4. The number of amides is 2. The molecule has 2 aromatic carbocycles. The molecule has 2 atom stereocenters. The highest BCUT2D eigenvalue weighted by atomic mass is 16.2. The Morgan fingerprint density at radius 1 is 0.725 bits per heavy atom. The van der Waals surface area contributed by atoms with Crippen LogP contribution in [0.1, 0.15) is 63.3 Å². The van der Waals surface area contributed by atoms with Gasteiger partial charge in [-0.3, -0.25) is 14.6 Å². The lowest BCUT2D eigenvalue weighted by Crippen LogP contribution is -2.28. The predicted molar refractivity (Wildman–Crippen MR) is 153 cm³/mol. The molecular formula is C31H31N7O2. The molecule has 0 saturated carbocycles. The highest BCUT2D eigenvalue weighted by Crippen LogP contribution is 2.34. The molecule has 0 radical (unpaired) electrons. The van der Waals surface area contributed by atoms with Gasteiger partial charge in [0.1, 0.15) is 11.6 Å². The second kappa shape index (κ2) is 9.59. The summed E-state index contributed by atoms with van der Waals surface area (Å²) in [6, 6.07) is 16.5. The molecule has 9 nitrogen and oxygen atoms in total. The summed E-state index contributed by atoms with van der Waals surface area (Å²) in [4.78, 5) is 49.1. The summed E-state index contributed by atoms with van der Waals surface area (Å²) >= 11 is 0. The summed E-state index contributed by atoms with van der Waals surface area (Å²) in [5.74, 6) is 1.89. The zero-order valence-electron chi connectivity index (χ0n) is 22.6. The fourth-order valence-electron chi connectivity index (χ4n) is 6.30. The van der Waals surface area contributed by atoms with Crippen LogP contribution in [0.4, 0.5) is 0 Å². The zero-order valence-corrected chi connectivity index (χ0v) is 22.6. The third kappa shape index (κ3) is 4.22. The van der Waals surface area contributed by atoms with Crippen molar-refractivity contribution in [1.29, 1.82) is 0 Å². The second-order valence-electron chi connectivity index (χ2n) is 10.9. The van der Waals surface area contributed by atoms with E-state index in [9.17, 15) is 9.59 Å². The molecule has 0 spiro atoms. The average molecular weight is 534 g/mol. The molecule has 0 bridgehead atoms. The van der Waals surface area contributed by atoms with Crippen molar-refractivity contribution in [2.75, 3.05) is 13.1 Å². The molecular weight excluding hydrogens is 502 g/mol. The maximum Gasteiger partial charge on any atom is 0.220 e. The van der Waals surface area contributed by atoms with Gasteiger partial charge in [0.05, 0.1) is 39.8 Å². The molecule has 2 aliphatic rings. The van der Waals surface area contributed by atoms with Crippen LogP contribution < -0.4 is 0 Å². The second-order valence-corrected chi connectivity index (χ2v) is 10.9. The van der Waals surface area contributed by atoms with E-state index in [0.717, 1.165) is 94.9 Å². The first-order valence-corrected chi connectivity index (χ1v) is 13.9. The number of rotatable bonds is 4. The molecule has 3 aromatic heterocycles. The molecule has 9 heteroatoms. The van der Waals surface area contributed by atoms with E-state index in [1.807, 2.05) is 40.3 Å². The average Bonchev–Trinajstić information content (AvgIpc) is 3.76. The number of carbonyl (C=O) groups is 2. The Morgan fingerprint density at radius 2 is 1.25 bits per heavy atom. The number of carbonyl (C=O) groups excluding carboxylic acids is 2. The maximum atomic E-state index is 12.0. The number of H-pyrrole nitrogens is 2. The maximum absolute atomic E-state index is 12.0. The van der Waals surface area contributed by atoms with Crippen molar-refractivity contribution < 1.29 is 9.59 Å². The lowest BCUT2D eigenvalue weighted by molar-refractivity contribution is -0.130. The van der Waals surface area contributed by atoms with Gasteiger partial charge in [-0.15, -0.1) is 0 Å². The standard InChI is InChI=1S/C31H31N7O2/c1-18(39)37-13-3-5-28(37)30-33-24-11-7-20(15-26(24)35-30)22-9-10-23(32-17-22)21-8-12-25-27(16-21)36-31(34-25)29-6-4-14-38(29)19(2)40/h7-12,15-17,28-29H,3-6,13-14H2,1-2H3,(H,33,35)(H,34,36)/t28-,29-/m0/s1. The summed E-state index contributed by atoms with van der Waals surface area (Å²) in [5.41, 5.74) is 7.64. The molecule has 5 aromatic rings. The highest BCUT2D eigenvalue weighted by Gasteiger charge is 2.31. The summed E-state index contributed by atoms with van der Waals surface area (Å²) < 4.78 is 0. The van der Waals surface area contributed by atoms with Gasteiger partial charge in [0, 0.05) is 44.3 Å². The minimum atomic E-state index is 0.0142. The van der Waals surface area contributed by atoms with Crippen molar-refractivity contribution in [2.24, 2.45) is 0 Å². The first kappa shape index (κ1) is 24.5. The zero-order chi connectivity index (χ0) is 27.4. The molecule has 2 aliphatic heterocycles. The van der Waals surface area contributed by atoms with Crippen molar-refractivity contribution in [3.63, 3.8) is 0 Å². The number of nitrogens with one attached hydrogen (secondary N) is 2. The van der Waals surface area contributed by atoms with Crippen LogP contribution >= 0.6 is 0 Å². The highest BCUT2D eigenvalue weighted by molar-refractivity contribution is 5.84. The van der Waals surface area contributed by atoms with Crippen molar-refractivity contribution in [2.45, 2.75) is 51.6 Å². The van der Waals surface area contributed by atoms with Gasteiger partial charge in [0.2, 0.25) is 11.8 Å². The molecule has 202 valence electrons. The predicted octanol–water partition coefficient (Wildman–Crippen LogP) is 5.54. The molecule has 2 saturated heterocycles. The van der Waals surface area contributed by atoms with E-state index in [4.69, 9.17) is 15.0 Å². The van der Waals surface area contributed by atoms with E-state index in [1.165, 1.54) is 0 Å². The summed E-state index contributed by atoms with van der Waals surface area (Å²) in [6.07, 6.45) is 5.75. The summed E-state index contributed by atoms with van der Waals surface area (Å²) in [6.45, 7) is 4.82. The molecule has 2 fully saturated rings. The van der Waals surface area contributed by atoms with Crippen LogP contribution in [-0.4, -0.2) is 59.6 Å². The van der Waals surface area contributed by atoms with Gasteiger partial charge >= 0.3 is 0 Å². The van der Waals surface area contributed by atoms with E-state index < -0.39 is 0 Å². The summed E-state index contributed by atoms with van der Waals surface area (Å²) in [5, 5.41) is 0. The van der Waals surface area contributed by atoms with Crippen LogP contribution in [0.25, 0.3) is 44.5 Å². The number of hydrogen-bond donors (Lipinski definition) is 2. The quantitative estimate of drug-likeness (QED) is 0.315. The SMILES string of the molecule is CC(=O)N1CCC[C@H]1c1nc2ccc(-c3ccc(-c4ccc5nc([C@@H]6CCCN6C(C)=O)[nH]c5c4)nc3)cc2[nH]1. The van der Waals surface area contributed by atoms with Gasteiger partial charge < -0.3 is 19.8 Å². The smallest absolute Gasteiger partial charge is 0.220 e. The van der Waals surface area contributed by atoms with Crippen molar-refractivity contribution in [1.82, 2.24) is 34.7 Å². The van der Waals surface area contributed by atoms with Crippen LogP contribution in [0, 0.1) is 0 Å². The number of nitrogens with zero attached hydrogens (tertiary/aromatic N) is 5. The summed E-state index contributed by atoms with van der Waals surface area (Å²) in [7, 11) is 0.